The summed E-state index contributed by atoms with van der Waals surface area (Å²) in [5, 5.41) is 11.8. The fourth-order valence-corrected chi connectivity index (χ4v) is 1.55. The molecule has 0 aromatic heterocycles. The second kappa shape index (κ2) is 8.91. The molecule has 0 aliphatic heterocycles. The standard InChI is InChI=1S/C14H23NO3/c1-12(2)18-14-6-4-3-5-13(14)11-15-7-9-17-10-8-16/h3-6,12,15-16H,7-11H2,1-2H3. The van der Waals surface area contributed by atoms with E-state index in [2.05, 4.69) is 11.4 Å². The van der Waals surface area contributed by atoms with Crippen LogP contribution in [0, 0.1) is 0 Å². The van der Waals surface area contributed by atoms with Crippen LogP contribution in [0.15, 0.2) is 24.3 Å². The van der Waals surface area contributed by atoms with Gasteiger partial charge in [0.1, 0.15) is 5.75 Å². The topological polar surface area (TPSA) is 50.7 Å². The second-order valence-corrected chi connectivity index (χ2v) is 4.29. The maximum Gasteiger partial charge on any atom is 0.124 e. The summed E-state index contributed by atoms with van der Waals surface area (Å²) in [5.74, 6) is 0.927. The molecule has 0 atom stereocenters. The number of para-hydroxylation sites is 1. The lowest BCUT2D eigenvalue weighted by Crippen LogP contribution is -2.20. The third kappa shape index (κ3) is 6.00. The molecular weight excluding hydrogens is 230 g/mol. The van der Waals surface area contributed by atoms with E-state index in [0.717, 1.165) is 24.4 Å². The largest absolute Gasteiger partial charge is 0.491 e. The molecule has 18 heavy (non-hydrogen) atoms. The SMILES string of the molecule is CC(C)Oc1ccccc1CNCCOCCO. The molecule has 1 rings (SSSR count). The summed E-state index contributed by atoms with van der Waals surface area (Å²) in [4.78, 5) is 0. The summed E-state index contributed by atoms with van der Waals surface area (Å²) in [6.45, 7) is 6.63. The lowest BCUT2D eigenvalue weighted by molar-refractivity contribution is 0.0937. The van der Waals surface area contributed by atoms with Crippen molar-refractivity contribution in [2.24, 2.45) is 0 Å². The molecule has 4 nitrogen and oxygen atoms in total. The quantitative estimate of drug-likeness (QED) is 0.656. The molecule has 102 valence electrons. The van der Waals surface area contributed by atoms with Crippen molar-refractivity contribution in [2.75, 3.05) is 26.4 Å². The minimum atomic E-state index is 0.0745. The van der Waals surface area contributed by atoms with E-state index in [-0.39, 0.29) is 12.7 Å². The van der Waals surface area contributed by atoms with Crippen molar-refractivity contribution in [1.29, 1.82) is 0 Å². The molecule has 0 aliphatic carbocycles. The van der Waals surface area contributed by atoms with Crippen LogP contribution >= 0.6 is 0 Å². The molecule has 1 aromatic carbocycles. The molecule has 0 fully saturated rings. The van der Waals surface area contributed by atoms with E-state index in [0.29, 0.717) is 13.2 Å². The van der Waals surface area contributed by atoms with Gasteiger partial charge in [-0.2, -0.15) is 0 Å². The van der Waals surface area contributed by atoms with Gasteiger partial charge in [-0.25, -0.2) is 0 Å². The van der Waals surface area contributed by atoms with Gasteiger partial charge in [-0.3, -0.25) is 0 Å². The zero-order valence-corrected chi connectivity index (χ0v) is 11.2. The van der Waals surface area contributed by atoms with Crippen molar-refractivity contribution < 1.29 is 14.6 Å². The highest BCUT2D eigenvalue weighted by Crippen LogP contribution is 2.18. The van der Waals surface area contributed by atoms with Crippen molar-refractivity contribution >= 4 is 0 Å². The Kier molecular flexibility index (Phi) is 7.41. The van der Waals surface area contributed by atoms with Crippen LogP contribution in [0.3, 0.4) is 0 Å². The van der Waals surface area contributed by atoms with Gasteiger partial charge >= 0.3 is 0 Å². The first-order chi connectivity index (χ1) is 8.74. The zero-order valence-electron chi connectivity index (χ0n) is 11.2. The van der Waals surface area contributed by atoms with Crippen molar-refractivity contribution in [1.82, 2.24) is 5.32 Å². The van der Waals surface area contributed by atoms with Gasteiger partial charge in [0.25, 0.3) is 0 Å². The zero-order chi connectivity index (χ0) is 13.2. The maximum atomic E-state index is 8.56. The third-order valence-corrected chi connectivity index (χ3v) is 2.31. The summed E-state index contributed by atoms with van der Waals surface area (Å²) in [7, 11) is 0. The van der Waals surface area contributed by atoms with Gasteiger partial charge in [0.2, 0.25) is 0 Å². The number of aliphatic hydroxyl groups is 1. The molecular formula is C14H23NO3. The third-order valence-electron chi connectivity index (χ3n) is 2.31. The molecule has 0 unspecified atom stereocenters. The summed E-state index contributed by atoms with van der Waals surface area (Å²) in [5.41, 5.74) is 1.15. The Morgan fingerprint density at radius 1 is 1.22 bits per heavy atom. The van der Waals surface area contributed by atoms with E-state index in [1.165, 1.54) is 0 Å². The van der Waals surface area contributed by atoms with Crippen LogP contribution in [-0.2, 0) is 11.3 Å². The lowest BCUT2D eigenvalue weighted by atomic mass is 10.2. The number of aliphatic hydroxyl groups excluding tert-OH is 1. The fourth-order valence-electron chi connectivity index (χ4n) is 1.55. The van der Waals surface area contributed by atoms with Crippen LogP contribution in [0.4, 0.5) is 0 Å². The van der Waals surface area contributed by atoms with E-state index in [4.69, 9.17) is 14.6 Å². The first-order valence-corrected chi connectivity index (χ1v) is 6.38. The molecule has 0 heterocycles. The van der Waals surface area contributed by atoms with Crippen molar-refractivity contribution in [3.05, 3.63) is 29.8 Å². The van der Waals surface area contributed by atoms with Gasteiger partial charge in [0, 0.05) is 18.7 Å². The van der Waals surface area contributed by atoms with E-state index in [1.54, 1.807) is 0 Å². The average molecular weight is 253 g/mol. The Hall–Kier alpha value is -1.10. The van der Waals surface area contributed by atoms with Crippen LogP contribution in [0.2, 0.25) is 0 Å². The Labute approximate surface area is 109 Å². The van der Waals surface area contributed by atoms with Crippen LogP contribution in [0.5, 0.6) is 5.75 Å². The Bertz CT molecular complexity index is 329. The Morgan fingerprint density at radius 2 is 2.00 bits per heavy atom. The number of hydrogen-bond acceptors (Lipinski definition) is 4. The summed E-state index contributed by atoms with van der Waals surface area (Å²) in [6, 6.07) is 8.02. The molecule has 0 spiro atoms. The molecule has 0 bridgehead atoms. The highest BCUT2D eigenvalue weighted by Gasteiger charge is 2.04. The molecule has 4 heteroatoms. The summed E-state index contributed by atoms with van der Waals surface area (Å²) >= 11 is 0. The number of ether oxygens (including phenoxy) is 2. The van der Waals surface area contributed by atoms with E-state index in [9.17, 15) is 0 Å². The van der Waals surface area contributed by atoms with E-state index in [1.807, 2.05) is 32.0 Å². The molecule has 0 saturated heterocycles. The second-order valence-electron chi connectivity index (χ2n) is 4.29. The Morgan fingerprint density at radius 3 is 2.72 bits per heavy atom. The van der Waals surface area contributed by atoms with Crippen LogP contribution in [-0.4, -0.2) is 37.6 Å². The van der Waals surface area contributed by atoms with Gasteiger partial charge in [0.05, 0.1) is 25.9 Å². The van der Waals surface area contributed by atoms with Crippen molar-refractivity contribution in [3.8, 4) is 5.75 Å². The maximum absolute atomic E-state index is 8.56. The van der Waals surface area contributed by atoms with Gasteiger partial charge in [-0.05, 0) is 19.9 Å². The predicted molar refractivity (Wildman–Crippen MR) is 71.8 cm³/mol. The van der Waals surface area contributed by atoms with Crippen molar-refractivity contribution in [3.63, 3.8) is 0 Å². The summed E-state index contributed by atoms with van der Waals surface area (Å²) in [6.07, 6.45) is 0.180. The fraction of sp³-hybridized carbons (Fsp3) is 0.571. The van der Waals surface area contributed by atoms with Gasteiger partial charge < -0.3 is 19.9 Å². The first-order valence-electron chi connectivity index (χ1n) is 6.38. The Balaban J connectivity index is 2.32. The minimum absolute atomic E-state index is 0.0745. The normalized spacial score (nSPS) is 10.9. The smallest absolute Gasteiger partial charge is 0.124 e. The minimum Gasteiger partial charge on any atom is -0.491 e. The number of benzene rings is 1. The van der Waals surface area contributed by atoms with E-state index >= 15 is 0 Å². The number of nitrogens with one attached hydrogen (secondary N) is 1. The molecule has 0 saturated carbocycles. The molecule has 0 amide bonds. The monoisotopic (exact) mass is 253 g/mol. The number of rotatable bonds is 9. The predicted octanol–water partition coefficient (Wildman–Crippen LogP) is 1.57. The van der Waals surface area contributed by atoms with Gasteiger partial charge in [0.15, 0.2) is 0 Å². The molecule has 0 radical (unpaired) electrons. The highest BCUT2D eigenvalue weighted by molar-refractivity contribution is 5.33. The van der Waals surface area contributed by atoms with Crippen LogP contribution in [0.1, 0.15) is 19.4 Å². The van der Waals surface area contributed by atoms with Crippen LogP contribution in [0.25, 0.3) is 0 Å². The summed E-state index contributed by atoms with van der Waals surface area (Å²) < 4.78 is 10.9. The van der Waals surface area contributed by atoms with Crippen LogP contribution < -0.4 is 10.1 Å². The first kappa shape index (κ1) is 15.0. The molecule has 1 aromatic rings. The lowest BCUT2D eigenvalue weighted by Gasteiger charge is -2.14. The number of hydrogen-bond donors (Lipinski definition) is 2. The van der Waals surface area contributed by atoms with E-state index < -0.39 is 0 Å². The van der Waals surface area contributed by atoms with Crippen molar-refractivity contribution in [2.45, 2.75) is 26.5 Å². The molecule has 0 aliphatic rings. The average Bonchev–Trinajstić information content (AvgIpc) is 2.35. The highest BCUT2D eigenvalue weighted by atomic mass is 16.5. The van der Waals surface area contributed by atoms with Gasteiger partial charge in [-0.15, -0.1) is 0 Å². The molecule has 2 N–H and O–H groups in total. The van der Waals surface area contributed by atoms with Gasteiger partial charge in [-0.1, -0.05) is 18.2 Å².